The highest BCUT2D eigenvalue weighted by Gasteiger charge is 2.08. The molecule has 0 spiro atoms. The van der Waals surface area contributed by atoms with Crippen LogP contribution < -0.4 is 10.1 Å². The van der Waals surface area contributed by atoms with E-state index in [-0.39, 0.29) is 0 Å². The van der Waals surface area contributed by atoms with Crippen LogP contribution in [0.15, 0.2) is 60.1 Å². The fraction of sp³-hybridized carbons (Fsp3) is 0.0952. The number of benzene rings is 2. The predicted molar refractivity (Wildman–Crippen MR) is 108 cm³/mol. The highest BCUT2D eigenvalue weighted by molar-refractivity contribution is 7.10. The molecule has 4 aromatic rings. The molecule has 0 fully saturated rings. The minimum Gasteiger partial charge on any atom is -0.497 e. The van der Waals surface area contributed by atoms with Crippen molar-refractivity contribution in [2.24, 2.45) is 0 Å². The molecular weight excluding hydrogens is 356 g/mol. The van der Waals surface area contributed by atoms with Gasteiger partial charge in [-0.25, -0.2) is 9.97 Å². The van der Waals surface area contributed by atoms with Gasteiger partial charge in [-0.2, -0.15) is 5.26 Å². The summed E-state index contributed by atoms with van der Waals surface area (Å²) < 4.78 is 5.28. The molecular formula is C21H16N4OS. The Morgan fingerprint density at radius 2 is 2.04 bits per heavy atom. The number of nitriles is 1. The van der Waals surface area contributed by atoms with Gasteiger partial charge in [-0.3, -0.25) is 0 Å². The van der Waals surface area contributed by atoms with Gasteiger partial charge in [-0.1, -0.05) is 24.3 Å². The van der Waals surface area contributed by atoms with E-state index >= 15 is 0 Å². The average molecular weight is 372 g/mol. The zero-order valence-corrected chi connectivity index (χ0v) is 15.5. The highest BCUT2D eigenvalue weighted by Crippen LogP contribution is 2.27. The first kappa shape index (κ1) is 17.0. The van der Waals surface area contributed by atoms with Crippen molar-refractivity contribution in [1.82, 2.24) is 9.97 Å². The highest BCUT2D eigenvalue weighted by atomic mass is 32.1. The van der Waals surface area contributed by atoms with Crippen LogP contribution in [-0.4, -0.2) is 17.1 Å². The Morgan fingerprint density at radius 3 is 2.89 bits per heavy atom. The molecule has 0 aliphatic rings. The second-order valence-electron chi connectivity index (χ2n) is 5.88. The van der Waals surface area contributed by atoms with Crippen molar-refractivity contribution in [3.63, 3.8) is 0 Å². The molecule has 0 radical (unpaired) electrons. The Bertz CT molecular complexity index is 1150. The molecule has 2 heterocycles. The molecule has 2 aromatic heterocycles. The molecule has 6 heteroatoms. The summed E-state index contributed by atoms with van der Waals surface area (Å²) in [5.41, 5.74) is 2.60. The minimum absolute atomic E-state index is 0.567. The van der Waals surface area contributed by atoms with Crippen molar-refractivity contribution in [3.8, 4) is 23.1 Å². The van der Waals surface area contributed by atoms with E-state index in [1.807, 2.05) is 53.9 Å². The molecule has 0 amide bonds. The number of rotatable bonds is 5. The van der Waals surface area contributed by atoms with E-state index in [0.29, 0.717) is 12.1 Å². The summed E-state index contributed by atoms with van der Waals surface area (Å²) in [6.45, 7) is 0.567. The molecule has 0 aliphatic heterocycles. The summed E-state index contributed by atoms with van der Waals surface area (Å²) in [6, 6.07) is 17.6. The van der Waals surface area contributed by atoms with Crippen LogP contribution in [0.4, 0.5) is 5.82 Å². The number of ether oxygens (including phenoxy) is 1. The van der Waals surface area contributed by atoms with Crippen molar-refractivity contribution in [2.75, 3.05) is 12.4 Å². The number of nitrogens with one attached hydrogen (secondary N) is 1. The zero-order valence-electron chi connectivity index (χ0n) is 14.6. The smallest absolute Gasteiger partial charge is 0.134 e. The van der Waals surface area contributed by atoms with Gasteiger partial charge in [0.15, 0.2) is 0 Å². The Kier molecular flexibility index (Phi) is 4.69. The van der Waals surface area contributed by atoms with Crippen LogP contribution in [0.3, 0.4) is 0 Å². The SMILES string of the molecule is COc1cccc(-c2csc(CNc3nccc4c(C#N)cccc34)n2)c1. The quantitative estimate of drug-likeness (QED) is 0.542. The lowest BCUT2D eigenvalue weighted by Gasteiger charge is -2.08. The summed E-state index contributed by atoms with van der Waals surface area (Å²) >= 11 is 1.60. The third-order valence-electron chi connectivity index (χ3n) is 4.25. The Morgan fingerprint density at radius 1 is 1.15 bits per heavy atom. The molecule has 0 saturated heterocycles. The van der Waals surface area contributed by atoms with Gasteiger partial charge in [-0.05, 0) is 24.3 Å². The van der Waals surface area contributed by atoms with Gasteiger partial charge in [0, 0.05) is 27.9 Å². The molecule has 2 aromatic carbocycles. The lowest BCUT2D eigenvalue weighted by atomic mass is 10.1. The van der Waals surface area contributed by atoms with Gasteiger partial charge in [0.25, 0.3) is 0 Å². The molecule has 0 unspecified atom stereocenters. The Balaban J connectivity index is 1.56. The molecule has 132 valence electrons. The average Bonchev–Trinajstić information content (AvgIpc) is 3.21. The largest absolute Gasteiger partial charge is 0.497 e. The molecule has 0 saturated carbocycles. The third-order valence-corrected chi connectivity index (χ3v) is 5.10. The molecule has 4 rings (SSSR count). The molecule has 0 aliphatic carbocycles. The van der Waals surface area contributed by atoms with Gasteiger partial charge < -0.3 is 10.1 Å². The fourth-order valence-corrected chi connectivity index (χ4v) is 3.65. The van der Waals surface area contributed by atoms with Crippen LogP contribution in [0.1, 0.15) is 10.6 Å². The number of thiazole rings is 1. The van der Waals surface area contributed by atoms with E-state index in [9.17, 15) is 5.26 Å². The molecule has 1 N–H and O–H groups in total. The first-order valence-electron chi connectivity index (χ1n) is 8.39. The number of hydrogen-bond acceptors (Lipinski definition) is 6. The number of fused-ring (bicyclic) bond motifs is 1. The second kappa shape index (κ2) is 7.44. The van der Waals surface area contributed by atoms with Crippen LogP contribution >= 0.6 is 11.3 Å². The maximum absolute atomic E-state index is 9.27. The van der Waals surface area contributed by atoms with Crippen molar-refractivity contribution < 1.29 is 4.74 Å². The minimum atomic E-state index is 0.567. The van der Waals surface area contributed by atoms with Gasteiger partial charge in [-0.15, -0.1) is 11.3 Å². The van der Waals surface area contributed by atoms with E-state index in [2.05, 4.69) is 16.4 Å². The summed E-state index contributed by atoms with van der Waals surface area (Å²) in [6.07, 6.45) is 1.72. The lowest BCUT2D eigenvalue weighted by molar-refractivity contribution is 0.415. The Hall–Kier alpha value is -3.43. The van der Waals surface area contributed by atoms with E-state index < -0.39 is 0 Å². The summed E-state index contributed by atoms with van der Waals surface area (Å²) in [5, 5.41) is 17.4. The molecule has 5 nitrogen and oxygen atoms in total. The number of methoxy groups -OCH3 is 1. The summed E-state index contributed by atoms with van der Waals surface area (Å²) in [5.74, 6) is 1.57. The van der Waals surface area contributed by atoms with E-state index in [1.165, 1.54) is 0 Å². The maximum Gasteiger partial charge on any atom is 0.134 e. The topological polar surface area (TPSA) is 70.8 Å². The third kappa shape index (κ3) is 3.46. The van der Waals surface area contributed by atoms with E-state index in [0.717, 1.165) is 38.6 Å². The van der Waals surface area contributed by atoms with Gasteiger partial charge in [0.2, 0.25) is 0 Å². The first-order valence-corrected chi connectivity index (χ1v) is 9.27. The van der Waals surface area contributed by atoms with Crippen molar-refractivity contribution in [2.45, 2.75) is 6.54 Å². The van der Waals surface area contributed by atoms with Crippen LogP contribution in [0.25, 0.3) is 22.0 Å². The van der Waals surface area contributed by atoms with Gasteiger partial charge in [0.1, 0.15) is 16.6 Å². The van der Waals surface area contributed by atoms with Gasteiger partial charge >= 0.3 is 0 Å². The van der Waals surface area contributed by atoms with Crippen LogP contribution in [0.5, 0.6) is 5.75 Å². The zero-order chi connectivity index (χ0) is 18.6. The number of nitrogens with zero attached hydrogens (tertiary/aromatic N) is 3. The molecule has 0 atom stereocenters. The monoisotopic (exact) mass is 372 g/mol. The van der Waals surface area contributed by atoms with Crippen LogP contribution in [0, 0.1) is 11.3 Å². The first-order chi connectivity index (χ1) is 13.3. The number of hydrogen-bond donors (Lipinski definition) is 1. The second-order valence-corrected chi connectivity index (χ2v) is 6.83. The van der Waals surface area contributed by atoms with Gasteiger partial charge in [0.05, 0.1) is 31.0 Å². The van der Waals surface area contributed by atoms with E-state index in [4.69, 9.17) is 9.72 Å². The van der Waals surface area contributed by atoms with E-state index in [1.54, 1.807) is 24.6 Å². The van der Waals surface area contributed by atoms with Crippen molar-refractivity contribution in [3.05, 3.63) is 70.7 Å². The van der Waals surface area contributed by atoms with Crippen molar-refractivity contribution >= 4 is 27.9 Å². The number of aromatic nitrogens is 2. The fourth-order valence-electron chi connectivity index (χ4n) is 2.91. The lowest BCUT2D eigenvalue weighted by Crippen LogP contribution is -2.02. The van der Waals surface area contributed by atoms with Crippen LogP contribution in [0.2, 0.25) is 0 Å². The Labute approximate surface area is 160 Å². The van der Waals surface area contributed by atoms with Crippen molar-refractivity contribution in [1.29, 1.82) is 5.26 Å². The summed E-state index contributed by atoms with van der Waals surface area (Å²) in [4.78, 5) is 9.13. The molecule has 0 bridgehead atoms. The summed E-state index contributed by atoms with van der Waals surface area (Å²) in [7, 11) is 1.66. The predicted octanol–water partition coefficient (Wildman–Crippen LogP) is 4.85. The standard InChI is InChI=1S/C21H16N4OS/c1-26-16-6-2-4-14(10-16)19-13-27-20(25-19)12-24-21-18-7-3-5-15(11-22)17(18)8-9-23-21/h2-10,13H,12H2,1H3,(H,23,24). The number of anilines is 1. The van der Waals surface area contributed by atoms with Crippen LogP contribution in [-0.2, 0) is 6.54 Å². The normalized spacial score (nSPS) is 10.5. The number of pyridine rings is 1. The molecule has 27 heavy (non-hydrogen) atoms. The maximum atomic E-state index is 9.27.